The summed E-state index contributed by atoms with van der Waals surface area (Å²) in [4.78, 5) is 27.8. The topological polar surface area (TPSA) is 66.8 Å². The van der Waals surface area contributed by atoms with Gasteiger partial charge in [0.15, 0.2) is 0 Å². The summed E-state index contributed by atoms with van der Waals surface area (Å²) < 4.78 is 18.9. The van der Waals surface area contributed by atoms with E-state index in [9.17, 15) is 19.1 Å². The molecule has 1 fully saturated rings. The number of Topliss-reactive ketones (excluding diaryl/α,β-unsaturated/α-hetero) is 1. The van der Waals surface area contributed by atoms with E-state index in [4.69, 9.17) is 4.74 Å². The van der Waals surface area contributed by atoms with E-state index in [0.29, 0.717) is 22.6 Å². The SMILES string of the molecule is COc1ccc(/C(O)=C2\C(=O)C(=O)N(c3ccc(C)c(C)c3)C2c2ccc(F)cc2)cc1C. The number of aliphatic hydroxyl groups excluding tert-OH is 1. The van der Waals surface area contributed by atoms with Gasteiger partial charge in [-0.1, -0.05) is 18.2 Å². The Hall–Kier alpha value is -3.93. The normalized spacial score (nSPS) is 17.5. The van der Waals surface area contributed by atoms with Gasteiger partial charge in [-0.2, -0.15) is 0 Å². The highest BCUT2D eigenvalue weighted by atomic mass is 19.1. The number of aryl methyl sites for hydroxylation is 3. The highest BCUT2D eigenvalue weighted by Gasteiger charge is 2.47. The third-order valence-electron chi connectivity index (χ3n) is 6.07. The summed E-state index contributed by atoms with van der Waals surface area (Å²) in [5.74, 6) is -1.64. The molecule has 168 valence electrons. The Labute approximate surface area is 191 Å². The summed E-state index contributed by atoms with van der Waals surface area (Å²) in [7, 11) is 1.55. The van der Waals surface area contributed by atoms with Crippen LogP contribution in [0.4, 0.5) is 10.1 Å². The van der Waals surface area contributed by atoms with Crippen LogP contribution in [0.3, 0.4) is 0 Å². The molecular formula is C27H24FNO4. The van der Waals surface area contributed by atoms with E-state index in [-0.39, 0.29) is 11.3 Å². The third kappa shape index (κ3) is 3.89. The molecule has 1 atom stereocenters. The summed E-state index contributed by atoms with van der Waals surface area (Å²) in [6.45, 7) is 5.69. The molecule has 0 saturated carbocycles. The monoisotopic (exact) mass is 445 g/mol. The molecule has 0 aliphatic carbocycles. The van der Waals surface area contributed by atoms with Crippen LogP contribution in [-0.2, 0) is 9.59 Å². The minimum absolute atomic E-state index is 0.0468. The molecule has 6 heteroatoms. The van der Waals surface area contributed by atoms with Gasteiger partial charge in [0, 0.05) is 11.3 Å². The van der Waals surface area contributed by atoms with E-state index < -0.39 is 23.5 Å². The summed E-state index contributed by atoms with van der Waals surface area (Å²) in [5.41, 5.74) is 4.15. The smallest absolute Gasteiger partial charge is 0.300 e. The lowest BCUT2D eigenvalue weighted by atomic mass is 9.94. The molecule has 1 saturated heterocycles. The first-order valence-corrected chi connectivity index (χ1v) is 10.5. The third-order valence-corrected chi connectivity index (χ3v) is 6.07. The highest BCUT2D eigenvalue weighted by Crippen LogP contribution is 2.42. The number of ketones is 1. The fourth-order valence-corrected chi connectivity index (χ4v) is 4.12. The molecule has 1 aliphatic heterocycles. The minimum atomic E-state index is -0.907. The molecule has 5 nitrogen and oxygen atoms in total. The summed E-state index contributed by atoms with van der Waals surface area (Å²) in [6, 6.07) is 15.2. The van der Waals surface area contributed by atoms with Gasteiger partial charge in [0.2, 0.25) is 0 Å². The Morgan fingerprint density at radius 3 is 2.21 bits per heavy atom. The first-order chi connectivity index (χ1) is 15.7. The van der Waals surface area contributed by atoms with E-state index >= 15 is 0 Å². The van der Waals surface area contributed by atoms with Crippen molar-refractivity contribution in [3.8, 4) is 5.75 Å². The van der Waals surface area contributed by atoms with Crippen LogP contribution < -0.4 is 9.64 Å². The minimum Gasteiger partial charge on any atom is -0.507 e. The van der Waals surface area contributed by atoms with Crippen molar-refractivity contribution < 1.29 is 23.8 Å². The van der Waals surface area contributed by atoms with Crippen molar-refractivity contribution in [2.45, 2.75) is 26.8 Å². The van der Waals surface area contributed by atoms with Gasteiger partial charge in [-0.25, -0.2) is 4.39 Å². The Bertz CT molecular complexity index is 1290. The summed E-state index contributed by atoms with van der Waals surface area (Å²) in [5, 5.41) is 11.2. The van der Waals surface area contributed by atoms with Crippen LogP contribution in [0.1, 0.15) is 33.9 Å². The maximum absolute atomic E-state index is 13.7. The lowest BCUT2D eigenvalue weighted by molar-refractivity contribution is -0.132. The van der Waals surface area contributed by atoms with Crippen LogP contribution in [0, 0.1) is 26.6 Å². The van der Waals surface area contributed by atoms with Crippen molar-refractivity contribution in [2.75, 3.05) is 12.0 Å². The molecule has 0 aromatic heterocycles. The zero-order valence-electron chi connectivity index (χ0n) is 18.8. The van der Waals surface area contributed by atoms with Gasteiger partial charge in [-0.3, -0.25) is 14.5 Å². The lowest BCUT2D eigenvalue weighted by Gasteiger charge is -2.26. The molecule has 0 bridgehead atoms. The highest BCUT2D eigenvalue weighted by molar-refractivity contribution is 6.51. The zero-order valence-corrected chi connectivity index (χ0v) is 18.8. The molecule has 3 aromatic rings. The Morgan fingerprint density at radius 2 is 1.61 bits per heavy atom. The predicted molar refractivity (Wildman–Crippen MR) is 125 cm³/mol. The average Bonchev–Trinajstić information content (AvgIpc) is 3.06. The van der Waals surface area contributed by atoms with Crippen molar-refractivity contribution in [1.29, 1.82) is 0 Å². The number of nitrogens with zero attached hydrogens (tertiary/aromatic N) is 1. The number of rotatable bonds is 4. The van der Waals surface area contributed by atoms with Gasteiger partial charge in [0.05, 0.1) is 18.7 Å². The van der Waals surface area contributed by atoms with E-state index in [2.05, 4.69) is 0 Å². The maximum Gasteiger partial charge on any atom is 0.300 e. The molecule has 33 heavy (non-hydrogen) atoms. The largest absolute Gasteiger partial charge is 0.507 e. The second kappa shape index (κ2) is 8.54. The van der Waals surface area contributed by atoms with Gasteiger partial charge < -0.3 is 9.84 Å². The van der Waals surface area contributed by atoms with Gasteiger partial charge >= 0.3 is 0 Å². The average molecular weight is 445 g/mol. The number of hydrogen-bond donors (Lipinski definition) is 1. The predicted octanol–water partition coefficient (Wildman–Crippen LogP) is 5.39. The van der Waals surface area contributed by atoms with Crippen molar-refractivity contribution >= 4 is 23.1 Å². The molecule has 1 amide bonds. The van der Waals surface area contributed by atoms with Crippen molar-refractivity contribution in [3.05, 3.63) is 99.9 Å². The van der Waals surface area contributed by atoms with E-state index in [1.165, 1.54) is 29.2 Å². The fourth-order valence-electron chi connectivity index (χ4n) is 4.12. The number of carbonyl (C=O) groups excluding carboxylic acids is 2. The van der Waals surface area contributed by atoms with Gasteiger partial charge in [0.25, 0.3) is 11.7 Å². The maximum atomic E-state index is 13.7. The van der Waals surface area contributed by atoms with E-state index in [1.807, 2.05) is 32.9 Å². The number of benzene rings is 3. The number of amides is 1. The molecular weight excluding hydrogens is 421 g/mol. The standard InChI is InChI=1S/C27H24FNO4/c1-15-5-11-21(14-16(15)2)29-24(18-6-9-20(28)10-7-18)23(26(31)27(29)32)25(30)19-8-12-22(33-4)17(3)13-19/h5-14,24,30H,1-4H3/b25-23+. The van der Waals surface area contributed by atoms with Crippen LogP contribution in [0.5, 0.6) is 5.75 Å². The Balaban J connectivity index is 1.94. The Morgan fingerprint density at radius 1 is 0.909 bits per heavy atom. The number of ether oxygens (including phenoxy) is 1. The van der Waals surface area contributed by atoms with Gasteiger partial charge in [-0.05, 0) is 85.5 Å². The second-order valence-electron chi connectivity index (χ2n) is 8.17. The lowest BCUT2D eigenvalue weighted by Crippen LogP contribution is -2.29. The molecule has 1 heterocycles. The molecule has 3 aromatic carbocycles. The quantitative estimate of drug-likeness (QED) is 0.332. The molecule has 4 rings (SSSR count). The number of methoxy groups -OCH3 is 1. The van der Waals surface area contributed by atoms with Crippen LogP contribution >= 0.6 is 0 Å². The molecule has 1 aliphatic rings. The molecule has 0 spiro atoms. The molecule has 0 radical (unpaired) electrons. The van der Waals surface area contributed by atoms with E-state index in [1.54, 1.807) is 31.4 Å². The number of anilines is 1. The number of aliphatic hydroxyl groups is 1. The van der Waals surface area contributed by atoms with Gasteiger partial charge in [-0.15, -0.1) is 0 Å². The summed E-state index contributed by atoms with van der Waals surface area (Å²) in [6.07, 6.45) is 0. The first-order valence-electron chi connectivity index (χ1n) is 10.5. The zero-order chi connectivity index (χ0) is 23.9. The van der Waals surface area contributed by atoms with Gasteiger partial charge in [0.1, 0.15) is 17.3 Å². The molecule has 1 N–H and O–H groups in total. The van der Waals surface area contributed by atoms with Crippen LogP contribution in [-0.4, -0.2) is 23.9 Å². The van der Waals surface area contributed by atoms with Crippen molar-refractivity contribution in [1.82, 2.24) is 0 Å². The van der Waals surface area contributed by atoms with Crippen molar-refractivity contribution in [3.63, 3.8) is 0 Å². The Kier molecular flexibility index (Phi) is 5.77. The van der Waals surface area contributed by atoms with Crippen LogP contribution in [0.15, 0.2) is 66.2 Å². The number of hydrogen-bond acceptors (Lipinski definition) is 4. The molecule has 1 unspecified atom stereocenters. The first kappa shape index (κ1) is 22.3. The summed E-state index contributed by atoms with van der Waals surface area (Å²) >= 11 is 0. The van der Waals surface area contributed by atoms with Crippen molar-refractivity contribution in [2.24, 2.45) is 0 Å². The van der Waals surface area contributed by atoms with Crippen LogP contribution in [0.2, 0.25) is 0 Å². The fraction of sp³-hybridized carbons (Fsp3) is 0.185. The van der Waals surface area contributed by atoms with E-state index in [0.717, 1.165) is 16.7 Å². The van der Waals surface area contributed by atoms with Crippen LogP contribution in [0.25, 0.3) is 5.76 Å². The second-order valence-corrected chi connectivity index (χ2v) is 8.17. The number of halogens is 1. The number of carbonyl (C=O) groups is 2.